The molecule has 0 aromatic rings. The zero-order chi connectivity index (χ0) is 11.6. The van der Waals surface area contributed by atoms with Crippen molar-refractivity contribution in [2.24, 2.45) is 0 Å². The van der Waals surface area contributed by atoms with Crippen LogP contribution in [0.15, 0.2) is 12.7 Å². The minimum atomic E-state index is -3.66. The first-order chi connectivity index (χ1) is 6.88. The first kappa shape index (κ1) is 12.2. The Morgan fingerprint density at radius 1 is 1.60 bits per heavy atom. The molecule has 0 bridgehead atoms. The van der Waals surface area contributed by atoms with Gasteiger partial charge in [0.15, 0.2) is 0 Å². The molecule has 86 valence electrons. The summed E-state index contributed by atoms with van der Waals surface area (Å²) in [6.07, 6.45) is 0.218. The summed E-state index contributed by atoms with van der Waals surface area (Å²) in [6, 6.07) is -1.16. The first-order valence-electron chi connectivity index (χ1n) is 4.39. The van der Waals surface area contributed by atoms with Crippen LogP contribution in [0.25, 0.3) is 0 Å². The molecule has 0 saturated carbocycles. The first-order valence-corrected chi connectivity index (χ1v) is 6.00. The van der Waals surface area contributed by atoms with Crippen LogP contribution in [0.2, 0.25) is 0 Å². The van der Waals surface area contributed by atoms with Gasteiger partial charge in [-0.1, -0.05) is 6.08 Å². The Balaban J connectivity index is 2.93. The number of carboxylic acids is 1. The van der Waals surface area contributed by atoms with Crippen LogP contribution in [0.5, 0.6) is 0 Å². The number of aliphatic hydroxyl groups excluding tert-OH is 1. The number of aliphatic carboxylic acids is 1. The van der Waals surface area contributed by atoms with Crippen LogP contribution in [0.3, 0.4) is 0 Å². The van der Waals surface area contributed by atoms with E-state index in [1.165, 1.54) is 6.08 Å². The summed E-state index contributed by atoms with van der Waals surface area (Å²) in [5.41, 5.74) is 0. The molecule has 0 aromatic carbocycles. The van der Waals surface area contributed by atoms with E-state index in [2.05, 4.69) is 6.58 Å². The Morgan fingerprint density at radius 2 is 2.20 bits per heavy atom. The molecule has 2 N–H and O–H groups in total. The number of nitrogens with zero attached hydrogens (tertiary/aromatic N) is 1. The summed E-state index contributed by atoms with van der Waals surface area (Å²) in [5, 5.41) is 18.0. The van der Waals surface area contributed by atoms with E-state index < -0.39 is 28.1 Å². The van der Waals surface area contributed by atoms with Gasteiger partial charge in [0, 0.05) is 13.0 Å². The molecule has 0 aliphatic carbocycles. The molecule has 1 aliphatic rings. The van der Waals surface area contributed by atoms with Crippen molar-refractivity contribution in [1.29, 1.82) is 0 Å². The number of aliphatic hydroxyl groups is 1. The number of hydrogen-bond donors (Lipinski definition) is 2. The highest BCUT2D eigenvalue weighted by molar-refractivity contribution is 7.89. The van der Waals surface area contributed by atoms with E-state index in [4.69, 9.17) is 5.11 Å². The summed E-state index contributed by atoms with van der Waals surface area (Å²) < 4.78 is 24.0. The number of rotatable bonds is 4. The van der Waals surface area contributed by atoms with Crippen LogP contribution in [-0.4, -0.2) is 53.3 Å². The zero-order valence-corrected chi connectivity index (χ0v) is 8.85. The Labute approximate surface area is 87.9 Å². The third kappa shape index (κ3) is 2.55. The molecule has 15 heavy (non-hydrogen) atoms. The highest BCUT2D eigenvalue weighted by Crippen LogP contribution is 2.22. The average Bonchev–Trinajstić information content (AvgIpc) is 2.47. The van der Waals surface area contributed by atoms with E-state index in [0.29, 0.717) is 0 Å². The van der Waals surface area contributed by atoms with Crippen molar-refractivity contribution in [3.63, 3.8) is 0 Å². The van der Waals surface area contributed by atoms with Crippen molar-refractivity contribution < 1.29 is 23.4 Å². The van der Waals surface area contributed by atoms with E-state index in [1.807, 2.05) is 0 Å². The molecule has 1 saturated heterocycles. The van der Waals surface area contributed by atoms with Gasteiger partial charge in [0.2, 0.25) is 10.0 Å². The van der Waals surface area contributed by atoms with E-state index in [-0.39, 0.29) is 18.7 Å². The molecular formula is C8H13NO5S. The highest BCUT2D eigenvalue weighted by Gasteiger charge is 2.42. The van der Waals surface area contributed by atoms with Gasteiger partial charge in [-0.15, -0.1) is 6.58 Å². The largest absolute Gasteiger partial charge is 0.480 e. The highest BCUT2D eigenvalue weighted by atomic mass is 32.2. The number of sulfonamides is 1. The second kappa shape index (κ2) is 4.30. The molecule has 2 atom stereocenters. The average molecular weight is 235 g/mol. The van der Waals surface area contributed by atoms with Crippen LogP contribution >= 0.6 is 0 Å². The third-order valence-corrected chi connectivity index (χ3v) is 3.98. The molecule has 1 rings (SSSR count). The van der Waals surface area contributed by atoms with Gasteiger partial charge in [-0.3, -0.25) is 4.79 Å². The monoisotopic (exact) mass is 235 g/mol. The van der Waals surface area contributed by atoms with Crippen molar-refractivity contribution in [2.75, 3.05) is 12.3 Å². The van der Waals surface area contributed by atoms with Crippen LogP contribution in [0, 0.1) is 0 Å². The van der Waals surface area contributed by atoms with Gasteiger partial charge in [-0.2, -0.15) is 4.31 Å². The molecular weight excluding hydrogens is 222 g/mol. The fourth-order valence-electron chi connectivity index (χ4n) is 1.56. The van der Waals surface area contributed by atoms with Gasteiger partial charge >= 0.3 is 5.97 Å². The molecule has 1 heterocycles. The van der Waals surface area contributed by atoms with Crippen molar-refractivity contribution >= 4 is 16.0 Å². The number of carbonyl (C=O) groups is 1. The summed E-state index contributed by atoms with van der Waals surface area (Å²) >= 11 is 0. The maximum absolute atomic E-state index is 11.6. The van der Waals surface area contributed by atoms with Gasteiger partial charge in [0.1, 0.15) is 6.04 Å². The summed E-state index contributed by atoms with van der Waals surface area (Å²) in [4.78, 5) is 10.8. The van der Waals surface area contributed by atoms with Crippen LogP contribution < -0.4 is 0 Å². The fraction of sp³-hybridized carbons (Fsp3) is 0.625. The topological polar surface area (TPSA) is 94.9 Å². The smallest absolute Gasteiger partial charge is 0.322 e. The van der Waals surface area contributed by atoms with E-state index in [1.54, 1.807) is 0 Å². The summed E-state index contributed by atoms with van der Waals surface area (Å²) in [5.74, 6) is -1.55. The van der Waals surface area contributed by atoms with Crippen LogP contribution in [0.1, 0.15) is 6.42 Å². The van der Waals surface area contributed by atoms with E-state index in [9.17, 15) is 18.3 Å². The third-order valence-electron chi connectivity index (χ3n) is 2.20. The summed E-state index contributed by atoms with van der Waals surface area (Å²) in [7, 11) is -3.66. The molecule has 0 amide bonds. The normalized spacial score (nSPS) is 27.8. The van der Waals surface area contributed by atoms with Gasteiger partial charge in [-0.25, -0.2) is 8.42 Å². The van der Waals surface area contributed by atoms with Gasteiger partial charge < -0.3 is 10.2 Å². The molecule has 7 heteroatoms. The number of carboxylic acid groups (broad SMARTS) is 1. The molecule has 0 aromatic heterocycles. The zero-order valence-electron chi connectivity index (χ0n) is 8.04. The molecule has 1 fully saturated rings. The predicted molar refractivity (Wildman–Crippen MR) is 52.7 cm³/mol. The van der Waals surface area contributed by atoms with Gasteiger partial charge in [0.25, 0.3) is 0 Å². The second-order valence-corrected chi connectivity index (χ2v) is 5.35. The molecule has 0 unspecified atom stereocenters. The number of hydrogen-bond acceptors (Lipinski definition) is 4. The minimum Gasteiger partial charge on any atom is -0.480 e. The maximum Gasteiger partial charge on any atom is 0.322 e. The lowest BCUT2D eigenvalue weighted by Crippen LogP contribution is -2.41. The quantitative estimate of drug-likeness (QED) is 0.611. The number of β-amino-alcohol motifs (C(OH)–C–C–N with tert-alkyl or cyclic N) is 1. The lowest BCUT2D eigenvalue weighted by atomic mass is 10.2. The molecule has 1 aliphatic heterocycles. The Kier molecular flexibility index (Phi) is 3.48. The maximum atomic E-state index is 11.6. The van der Waals surface area contributed by atoms with Crippen molar-refractivity contribution in [3.05, 3.63) is 12.7 Å². The van der Waals surface area contributed by atoms with E-state index in [0.717, 1.165) is 4.31 Å². The molecule has 0 spiro atoms. The molecule has 0 radical (unpaired) electrons. The van der Waals surface area contributed by atoms with Crippen molar-refractivity contribution in [3.8, 4) is 0 Å². The van der Waals surface area contributed by atoms with Gasteiger partial charge in [0.05, 0.1) is 11.9 Å². The van der Waals surface area contributed by atoms with E-state index >= 15 is 0 Å². The molecule has 6 nitrogen and oxygen atoms in total. The standard InChI is InChI=1S/C8H13NO5S/c1-2-3-15(13,14)9-5-6(10)4-7(9)8(11)12/h2,6-7,10H,1,3-5H2,(H,11,12)/t6-,7+/m1/s1. The lowest BCUT2D eigenvalue weighted by molar-refractivity contribution is -0.140. The predicted octanol–water partition coefficient (Wildman–Crippen LogP) is -0.978. The summed E-state index contributed by atoms with van der Waals surface area (Å²) in [6.45, 7) is 3.13. The fourth-order valence-corrected chi connectivity index (χ4v) is 3.01. The second-order valence-electron chi connectivity index (χ2n) is 3.38. The minimum absolute atomic E-state index is 0.0638. The lowest BCUT2D eigenvalue weighted by Gasteiger charge is -2.19. The Hall–Kier alpha value is -0.920. The van der Waals surface area contributed by atoms with Gasteiger partial charge in [-0.05, 0) is 0 Å². The Morgan fingerprint density at radius 3 is 2.67 bits per heavy atom. The van der Waals surface area contributed by atoms with Crippen LogP contribution in [0.4, 0.5) is 0 Å². The SMILES string of the molecule is C=CCS(=O)(=O)N1C[C@H](O)C[C@H]1C(=O)O. The Bertz CT molecular complexity index is 363. The van der Waals surface area contributed by atoms with Crippen LogP contribution in [-0.2, 0) is 14.8 Å². The van der Waals surface area contributed by atoms with Crippen molar-refractivity contribution in [1.82, 2.24) is 4.31 Å². The van der Waals surface area contributed by atoms with Crippen molar-refractivity contribution in [2.45, 2.75) is 18.6 Å².